The molecule has 1 aliphatic rings. The highest BCUT2D eigenvalue weighted by molar-refractivity contribution is 8.13. The molecule has 0 bridgehead atoms. The van der Waals surface area contributed by atoms with E-state index in [-0.39, 0.29) is 11.2 Å². The lowest BCUT2D eigenvalue weighted by Gasteiger charge is -2.10. The number of carbonyl (C=O) groups is 2. The van der Waals surface area contributed by atoms with Crippen LogP contribution in [0.2, 0.25) is 0 Å². The Morgan fingerprint density at radius 1 is 1.71 bits per heavy atom. The maximum Gasteiger partial charge on any atom is 0.330 e. The number of carbonyl (C=O) groups excluding carboxylic acids is 2. The zero-order valence-electron chi connectivity index (χ0n) is 8.06. The maximum atomic E-state index is 11.1. The van der Waals surface area contributed by atoms with Crippen LogP contribution >= 0.6 is 11.8 Å². The lowest BCUT2D eigenvalue weighted by atomic mass is 10.4. The minimum atomic E-state index is -0.355. The zero-order valence-corrected chi connectivity index (χ0v) is 8.88. The Labute approximate surface area is 87.3 Å². The molecule has 0 aliphatic carbocycles. The van der Waals surface area contributed by atoms with Crippen LogP contribution in [0.15, 0.2) is 12.2 Å². The second kappa shape index (κ2) is 5.70. The van der Waals surface area contributed by atoms with Crippen molar-refractivity contribution in [2.75, 3.05) is 25.4 Å². The molecule has 0 atom stereocenters. The highest BCUT2D eigenvalue weighted by atomic mass is 32.2. The fourth-order valence-electron chi connectivity index (χ4n) is 1.06. The van der Waals surface area contributed by atoms with Crippen LogP contribution in [0.3, 0.4) is 0 Å². The molecule has 5 heteroatoms. The van der Waals surface area contributed by atoms with Crippen LogP contribution in [0, 0.1) is 0 Å². The van der Waals surface area contributed by atoms with E-state index < -0.39 is 0 Å². The van der Waals surface area contributed by atoms with Gasteiger partial charge in [-0.15, -0.1) is 0 Å². The Balaban J connectivity index is 2.25. The molecule has 4 nitrogen and oxygen atoms in total. The first-order valence-corrected chi connectivity index (χ1v) is 5.47. The van der Waals surface area contributed by atoms with Crippen LogP contribution < -0.4 is 0 Å². The molecule has 1 fully saturated rings. The summed E-state index contributed by atoms with van der Waals surface area (Å²) in [6, 6.07) is 0. The second-order valence-corrected chi connectivity index (χ2v) is 3.76. The Hall–Kier alpha value is -0.970. The van der Waals surface area contributed by atoms with Crippen LogP contribution in [0.5, 0.6) is 0 Å². The van der Waals surface area contributed by atoms with E-state index in [1.54, 1.807) is 17.9 Å². The number of ether oxygens (including phenoxy) is 1. The molecule has 14 heavy (non-hydrogen) atoms. The van der Waals surface area contributed by atoms with Gasteiger partial charge in [0.05, 0.1) is 6.61 Å². The van der Waals surface area contributed by atoms with Gasteiger partial charge in [-0.2, -0.15) is 0 Å². The van der Waals surface area contributed by atoms with Crippen molar-refractivity contribution in [3.05, 3.63) is 12.2 Å². The summed E-state index contributed by atoms with van der Waals surface area (Å²) in [5.41, 5.74) is 0. The first-order chi connectivity index (χ1) is 6.74. The Bertz CT molecular complexity index is 252. The van der Waals surface area contributed by atoms with Gasteiger partial charge in [-0.3, -0.25) is 4.79 Å². The molecule has 78 valence electrons. The standard InChI is InChI=1S/C9H13NO3S/c1-2-13-8(11)4-3-5-10-6-7-14-9(10)12/h3-4H,2,5-7H2,1H3/b4-3+. The minimum Gasteiger partial charge on any atom is -0.463 e. The lowest BCUT2D eigenvalue weighted by molar-refractivity contribution is -0.137. The fourth-order valence-corrected chi connectivity index (χ4v) is 1.89. The molecular formula is C9H13NO3S. The predicted molar refractivity (Wildman–Crippen MR) is 55.2 cm³/mol. The van der Waals surface area contributed by atoms with E-state index >= 15 is 0 Å². The minimum absolute atomic E-state index is 0.0820. The molecule has 1 rings (SSSR count). The van der Waals surface area contributed by atoms with Gasteiger partial charge >= 0.3 is 5.97 Å². The van der Waals surface area contributed by atoms with Crippen LogP contribution in [0.25, 0.3) is 0 Å². The highest BCUT2D eigenvalue weighted by Crippen LogP contribution is 2.16. The molecule has 0 aromatic rings. The maximum absolute atomic E-state index is 11.1. The van der Waals surface area contributed by atoms with E-state index in [4.69, 9.17) is 4.74 Å². The number of nitrogens with zero attached hydrogens (tertiary/aromatic N) is 1. The predicted octanol–water partition coefficient (Wildman–Crippen LogP) is 1.27. The molecule has 0 unspecified atom stereocenters. The third-order valence-corrected chi connectivity index (χ3v) is 2.60. The topological polar surface area (TPSA) is 46.6 Å². The lowest BCUT2D eigenvalue weighted by Crippen LogP contribution is -2.23. The smallest absolute Gasteiger partial charge is 0.330 e. The van der Waals surface area contributed by atoms with Gasteiger partial charge in [0.2, 0.25) is 0 Å². The molecular weight excluding hydrogens is 202 g/mol. The van der Waals surface area contributed by atoms with Gasteiger partial charge in [0.25, 0.3) is 5.24 Å². The summed E-state index contributed by atoms with van der Waals surface area (Å²) in [4.78, 5) is 23.7. The Morgan fingerprint density at radius 3 is 3.07 bits per heavy atom. The SMILES string of the molecule is CCOC(=O)/C=C/CN1CCSC1=O. The summed E-state index contributed by atoms with van der Waals surface area (Å²) in [6.07, 6.45) is 3.02. The fraction of sp³-hybridized carbons (Fsp3) is 0.556. The number of rotatable bonds is 4. The van der Waals surface area contributed by atoms with Gasteiger partial charge in [0.15, 0.2) is 0 Å². The Morgan fingerprint density at radius 2 is 2.50 bits per heavy atom. The summed E-state index contributed by atoms with van der Waals surface area (Å²) in [6.45, 7) is 3.38. The molecule has 1 heterocycles. The molecule has 1 amide bonds. The van der Waals surface area contributed by atoms with E-state index in [0.29, 0.717) is 13.2 Å². The summed E-state index contributed by atoms with van der Waals surface area (Å²) >= 11 is 1.31. The van der Waals surface area contributed by atoms with Gasteiger partial charge in [-0.05, 0) is 6.92 Å². The first-order valence-electron chi connectivity index (χ1n) is 4.49. The average molecular weight is 215 g/mol. The van der Waals surface area contributed by atoms with Crippen molar-refractivity contribution in [3.8, 4) is 0 Å². The molecule has 0 saturated carbocycles. The third-order valence-electron chi connectivity index (χ3n) is 1.71. The third kappa shape index (κ3) is 3.41. The highest BCUT2D eigenvalue weighted by Gasteiger charge is 2.19. The molecule has 1 saturated heterocycles. The number of esters is 1. The van der Waals surface area contributed by atoms with E-state index in [1.807, 2.05) is 0 Å². The zero-order chi connectivity index (χ0) is 10.4. The first kappa shape index (κ1) is 11.1. The summed E-state index contributed by atoms with van der Waals surface area (Å²) in [7, 11) is 0. The molecule has 0 radical (unpaired) electrons. The number of amides is 1. The second-order valence-electron chi connectivity index (χ2n) is 2.71. The molecule has 0 N–H and O–H groups in total. The largest absolute Gasteiger partial charge is 0.463 e. The summed E-state index contributed by atoms with van der Waals surface area (Å²) in [5, 5.41) is 0.0820. The van der Waals surface area contributed by atoms with Crippen molar-refractivity contribution >= 4 is 23.0 Å². The van der Waals surface area contributed by atoms with Crippen molar-refractivity contribution in [1.29, 1.82) is 0 Å². The quantitative estimate of drug-likeness (QED) is 0.523. The van der Waals surface area contributed by atoms with Gasteiger partial charge in [-0.1, -0.05) is 17.8 Å². The van der Waals surface area contributed by atoms with E-state index in [1.165, 1.54) is 17.8 Å². The molecule has 0 aromatic carbocycles. The van der Waals surface area contributed by atoms with Crippen molar-refractivity contribution in [3.63, 3.8) is 0 Å². The van der Waals surface area contributed by atoms with Gasteiger partial charge in [-0.25, -0.2) is 4.79 Å². The summed E-state index contributed by atoms with van der Waals surface area (Å²) in [5.74, 6) is 0.485. The van der Waals surface area contributed by atoms with Gasteiger partial charge in [0, 0.05) is 24.9 Å². The molecule has 0 aromatic heterocycles. The van der Waals surface area contributed by atoms with Crippen LogP contribution in [-0.2, 0) is 9.53 Å². The normalized spacial score (nSPS) is 16.6. The van der Waals surface area contributed by atoms with Crippen LogP contribution in [-0.4, -0.2) is 41.6 Å². The van der Waals surface area contributed by atoms with Gasteiger partial charge in [0.1, 0.15) is 0 Å². The summed E-state index contributed by atoms with van der Waals surface area (Å²) < 4.78 is 4.70. The van der Waals surface area contributed by atoms with Crippen molar-refractivity contribution in [1.82, 2.24) is 4.90 Å². The van der Waals surface area contributed by atoms with E-state index in [9.17, 15) is 9.59 Å². The monoisotopic (exact) mass is 215 g/mol. The number of thioether (sulfide) groups is 1. The Kier molecular flexibility index (Phi) is 4.52. The van der Waals surface area contributed by atoms with Crippen molar-refractivity contribution in [2.45, 2.75) is 6.92 Å². The molecule has 0 spiro atoms. The van der Waals surface area contributed by atoms with E-state index in [0.717, 1.165) is 12.3 Å². The van der Waals surface area contributed by atoms with E-state index in [2.05, 4.69) is 0 Å². The number of hydrogen-bond acceptors (Lipinski definition) is 4. The molecule has 1 aliphatic heterocycles. The average Bonchev–Trinajstić information content (AvgIpc) is 2.52. The van der Waals surface area contributed by atoms with Crippen molar-refractivity contribution in [2.24, 2.45) is 0 Å². The van der Waals surface area contributed by atoms with Gasteiger partial charge < -0.3 is 9.64 Å². The number of hydrogen-bond donors (Lipinski definition) is 0. The van der Waals surface area contributed by atoms with Crippen molar-refractivity contribution < 1.29 is 14.3 Å². The van der Waals surface area contributed by atoms with Crippen LogP contribution in [0.1, 0.15) is 6.92 Å². The van der Waals surface area contributed by atoms with Crippen LogP contribution in [0.4, 0.5) is 4.79 Å².